The average molecular weight is 498 g/mol. The number of halogens is 3. The van der Waals surface area contributed by atoms with Crippen LogP contribution in [-0.2, 0) is 0 Å². The van der Waals surface area contributed by atoms with Gasteiger partial charge in [-0.25, -0.2) is 10.1 Å². The van der Waals surface area contributed by atoms with Gasteiger partial charge >= 0.3 is 0 Å². The van der Waals surface area contributed by atoms with Gasteiger partial charge in [0.15, 0.2) is 5.69 Å². The molecule has 0 spiro atoms. The number of thiophene rings is 1. The maximum Gasteiger partial charge on any atom is 0.294 e. The van der Waals surface area contributed by atoms with Crippen LogP contribution in [0.3, 0.4) is 0 Å². The van der Waals surface area contributed by atoms with Crippen molar-refractivity contribution in [1.82, 2.24) is 30.7 Å². The van der Waals surface area contributed by atoms with Crippen molar-refractivity contribution in [2.75, 3.05) is 5.73 Å². The Hall–Kier alpha value is -2.99. The molecule has 1 aromatic carbocycles. The van der Waals surface area contributed by atoms with Crippen LogP contribution in [0.25, 0.3) is 17.1 Å². The molecular weight excluding hydrogens is 487 g/mol. The van der Waals surface area contributed by atoms with E-state index in [4.69, 9.17) is 40.5 Å². The number of carbonyl (C=O) groups is 1. The highest BCUT2D eigenvalue weighted by atomic mass is 35.5. The van der Waals surface area contributed by atoms with Gasteiger partial charge in [0.25, 0.3) is 5.91 Å². The van der Waals surface area contributed by atoms with Crippen LogP contribution in [0, 0.1) is 0 Å². The summed E-state index contributed by atoms with van der Waals surface area (Å²) in [4.78, 5) is 13.7. The van der Waals surface area contributed by atoms with Crippen LogP contribution < -0.4 is 11.2 Å². The molecule has 0 bridgehead atoms. The highest BCUT2D eigenvalue weighted by Crippen LogP contribution is 2.31. The van der Waals surface area contributed by atoms with Crippen molar-refractivity contribution in [1.29, 1.82) is 0 Å². The topological polar surface area (TPSA) is 137 Å². The molecule has 0 radical (unpaired) electrons. The molecule has 0 aliphatic carbocycles. The molecule has 0 saturated heterocycles. The molecule has 14 heteroatoms. The van der Waals surface area contributed by atoms with E-state index in [-0.39, 0.29) is 28.0 Å². The van der Waals surface area contributed by atoms with Crippen molar-refractivity contribution < 1.29 is 9.42 Å². The first-order valence-electron chi connectivity index (χ1n) is 8.45. The molecule has 0 aliphatic heterocycles. The number of amides is 1. The fraction of sp³-hybridized carbons (Fsp3) is 0.0588. The second-order valence-electron chi connectivity index (χ2n) is 6.04. The quantitative estimate of drug-likeness (QED) is 0.313. The van der Waals surface area contributed by atoms with E-state index in [0.717, 1.165) is 4.88 Å². The number of anilines is 1. The molecule has 0 atom stereocenters. The van der Waals surface area contributed by atoms with E-state index in [1.165, 1.54) is 16.0 Å². The highest BCUT2D eigenvalue weighted by molar-refractivity contribution is 7.18. The normalized spacial score (nSPS) is 11.7. The number of hydrogen-bond acceptors (Lipinski definition) is 9. The number of aromatic nitrogens is 5. The first-order valence-corrected chi connectivity index (χ1v) is 10.4. The molecule has 10 nitrogen and oxygen atoms in total. The SMILES string of the molecule is C/C(=N/NC(=O)c1nnn(-c2nonc2N)c1-c1ccc(Cl)c(Cl)c1)c1ccc(Cl)s1. The Morgan fingerprint density at radius 3 is 2.65 bits per heavy atom. The molecule has 158 valence electrons. The Morgan fingerprint density at radius 1 is 1.19 bits per heavy atom. The van der Waals surface area contributed by atoms with Gasteiger partial charge in [0.05, 0.1) is 25.0 Å². The van der Waals surface area contributed by atoms with Crippen molar-refractivity contribution in [3.63, 3.8) is 0 Å². The number of hydrogen-bond donors (Lipinski definition) is 2. The molecule has 3 heterocycles. The summed E-state index contributed by atoms with van der Waals surface area (Å²) in [6.45, 7) is 1.74. The fourth-order valence-corrected chi connectivity index (χ4v) is 3.86. The molecule has 31 heavy (non-hydrogen) atoms. The standard InChI is InChI=1S/C17H11Cl3N8O2S/c1-7(11-4-5-12(20)31-11)22-24-17(29)13-14(8-2-3-9(18)10(19)6-8)28(27-23-13)16-15(21)25-30-26-16/h2-6H,1H3,(H2,21,25)(H,24,29)/b22-7-. The number of nitrogen functional groups attached to an aromatic ring is 1. The zero-order chi connectivity index (χ0) is 22.1. The number of nitrogens with one attached hydrogen (secondary N) is 1. The first kappa shape index (κ1) is 21.2. The summed E-state index contributed by atoms with van der Waals surface area (Å²) in [5.74, 6) is -0.605. The maximum absolute atomic E-state index is 12.9. The lowest BCUT2D eigenvalue weighted by Gasteiger charge is -2.07. The largest absolute Gasteiger partial charge is 0.378 e. The number of benzene rings is 1. The van der Waals surface area contributed by atoms with Crippen LogP contribution in [0.2, 0.25) is 14.4 Å². The van der Waals surface area contributed by atoms with Crippen molar-refractivity contribution in [2.24, 2.45) is 5.10 Å². The Balaban J connectivity index is 1.75. The number of nitrogens with zero attached hydrogens (tertiary/aromatic N) is 6. The molecule has 1 amide bonds. The Kier molecular flexibility index (Phi) is 5.92. The van der Waals surface area contributed by atoms with Crippen LogP contribution in [0.1, 0.15) is 22.3 Å². The van der Waals surface area contributed by atoms with Gasteiger partial charge in [-0.2, -0.15) is 9.78 Å². The summed E-state index contributed by atoms with van der Waals surface area (Å²) < 4.78 is 6.47. The molecule has 4 rings (SSSR count). The molecular formula is C17H11Cl3N8O2S. The molecule has 4 aromatic rings. The van der Waals surface area contributed by atoms with Gasteiger partial charge < -0.3 is 5.73 Å². The van der Waals surface area contributed by atoms with E-state index in [9.17, 15) is 4.79 Å². The lowest BCUT2D eigenvalue weighted by atomic mass is 10.1. The van der Waals surface area contributed by atoms with E-state index in [1.54, 1.807) is 37.3 Å². The fourth-order valence-electron chi connectivity index (χ4n) is 2.57. The zero-order valence-corrected chi connectivity index (χ0v) is 18.6. The number of rotatable bonds is 5. The van der Waals surface area contributed by atoms with E-state index >= 15 is 0 Å². The average Bonchev–Trinajstić information content (AvgIpc) is 3.47. The minimum absolute atomic E-state index is 0.0402. The van der Waals surface area contributed by atoms with Crippen LogP contribution in [0.15, 0.2) is 40.1 Å². The van der Waals surface area contributed by atoms with Crippen LogP contribution in [0.4, 0.5) is 5.82 Å². The predicted molar refractivity (Wildman–Crippen MR) is 118 cm³/mol. The Bertz CT molecular complexity index is 1310. The van der Waals surface area contributed by atoms with Crippen LogP contribution in [-0.4, -0.2) is 36.9 Å². The molecule has 0 aliphatic rings. The Labute approximate surface area is 193 Å². The summed E-state index contributed by atoms with van der Waals surface area (Å²) >= 11 is 19.5. The van der Waals surface area contributed by atoms with Crippen molar-refractivity contribution in [3.05, 3.63) is 55.3 Å². The van der Waals surface area contributed by atoms with Gasteiger partial charge in [0.2, 0.25) is 11.6 Å². The van der Waals surface area contributed by atoms with Gasteiger partial charge in [-0.15, -0.1) is 16.4 Å². The zero-order valence-electron chi connectivity index (χ0n) is 15.5. The second kappa shape index (κ2) is 8.63. The third-order valence-electron chi connectivity index (χ3n) is 4.03. The summed E-state index contributed by atoms with van der Waals surface area (Å²) in [5.41, 5.74) is 9.49. The summed E-state index contributed by atoms with van der Waals surface area (Å²) in [7, 11) is 0. The third kappa shape index (κ3) is 4.26. The minimum Gasteiger partial charge on any atom is -0.378 e. The van der Waals surface area contributed by atoms with Crippen LogP contribution >= 0.6 is 46.1 Å². The summed E-state index contributed by atoms with van der Waals surface area (Å²) in [5, 5.41) is 19.9. The molecule has 3 N–H and O–H groups in total. The van der Waals surface area contributed by atoms with Gasteiger partial charge in [0.1, 0.15) is 5.69 Å². The Morgan fingerprint density at radius 2 is 2.00 bits per heavy atom. The van der Waals surface area contributed by atoms with E-state index in [0.29, 0.717) is 20.6 Å². The number of hydrazone groups is 1. The number of carbonyl (C=O) groups excluding carboxylic acids is 1. The summed E-state index contributed by atoms with van der Waals surface area (Å²) in [6, 6.07) is 8.32. The van der Waals surface area contributed by atoms with E-state index in [1.807, 2.05) is 0 Å². The number of nitrogens with two attached hydrogens (primary N) is 1. The monoisotopic (exact) mass is 496 g/mol. The van der Waals surface area contributed by atoms with Crippen molar-refractivity contribution in [2.45, 2.75) is 6.92 Å². The predicted octanol–water partition coefficient (Wildman–Crippen LogP) is 4.08. The van der Waals surface area contributed by atoms with E-state index in [2.05, 4.69) is 35.8 Å². The van der Waals surface area contributed by atoms with Crippen LogP contribution in [0.5, 0.6) is 0 Å². The molecule has 0 fully saturated rings. The third-order valence-corrected chi connectivity index (χ3v) is 6.11. The van der Waals surface area contributed by atoms with Crippen molar-refractivity contribution in [3.8, 4) is 17.1 Å². The highest BCUT2D eigenvalue weighted by Gasteiger charge is 2.25. The maximum atomic E-state index is 12.9. The van der Waals surface area contributed by atoms with Gasteiger partial charge in [-0.3, -0.25) is 4.79 Å². The van der Waals surface area contributed by atoms with Gasteiger partial charge in [-0.05, 0) is 41.5 Å². The first-order chi connectivity index (χ1) is 14.8. The lowest BCUT2D eigenvalue weighted by Crippen LogP contribution is -2.20. The molecule has 0 unspecified atom stereocenters. The van der Waals surface area contributed by atoms with Crippen molar-refractivity contribution >= 4 is 63.6 Å². The lowest BCUT2D eigenvalue weighted by molar-refractivity contribution is 0.0950. The summed E-state index contributed by atoms with van der Waals surface area (Å²) in [6.07, 6.45) is 0. The molecule has 3 aromatic heterocycles. The van der Waals surface area contributed by atoms with Gasteiger partial charge in [0, 0.05) is 5.56 Å². The minimum atomic E-state index is -0.621. The molecule has 0 saturated carbocycles. The van der Waals surface area contributed by atoms with E-state index < -0.39 is 5.91 Å². The smallest absolute Gasteiger partial charge is 0.294 e. The second-order valence-corrected chi connectivity index (χ2v) is 8.57. The van der Waals surface area contributed by atoms with Gasteiger partial charge in [-0.1, -0.05) is 46.1 Å².